The van der Waals surface area contributed by atoms with Gasteiger partial charge in [0.25, 0.3) is 0 Å². The molecule has 1 aromatic carbocycles. The van der Waals surface area contributed by atoms with Gasteiger partial charge in [0, 0.05) is 6.54 Å². The Morgan fingerprint density at radius 3 is 2.67 bits per heavy atom. The molecule has 6 nitrogen and oxygen atoms in total. The number of carbonyl (C=O) groups is 1. The Morgan fingerprint density at radius 1 is 1.52 bits per heavy atom. The molecular formula is C13H17FN2O4S. The zero-order valence-corrected chi connectivity index (χ0v) is 12.4. The molecule has 0 amide bonds. The van der Waals surface area contributed by atoms with E-state index in [9.17, 15) is 22.7 Å². The van der Waals surface area contributed by atoms with E-state index in [4.69, 9.17) is 5.14 Å². The average Bonchev–Trinajstić information content (AvgIpc) is 2.82. The van der Waals surface area contributed by atoms with Crippen LogP contribution in [0.4, 0.5) is 10.1 Å². The zero-order valence-electron chi connectivity index (χ0n) is 11.5. The first-order chi connectivity index (χ1) is 9.72. The van der Waals surface area contributed by atoms with Gasteiger partial charge in [-0.1, -0.05) is 6.92 Å². The predicted octanol–water partition coefficient (Wildman–Crippen LogP) is 1.31. The first kappa shape index (κ1) is 15.7. The summed E-state index contributed by atoms with van der Waals surface area (Å²) in [5.74, 6) is -1.79. The van der Waals surface area contributed by atoms with Gasteiger partial charge < -0.3 is 10.0 Å². The molecule has 0 radical (unpaired) electrons. The summed E-state index contributed by atoms with van der Waals surface area (Å²) < 4.78 is 36.6. The van der Waals surface area contributed by atoms with E-state index in [1.807, 2.05) is 0 Å². The third-order valence-electron chi connectivity index (χ3n) is 4.01. The van der Waals surface area contributed by atoms with Gasteiger partial charge in [0.05, 0.1) is 10.6 Å². The van der Waals surface area contributed by atoms with E-state index in [1.165, 1.54) is 17.0 Å². The van der Waals surface area contributed by atoms with Gasteiger partial charge in [-0.05, 0) is 37.5 Å². The van der Waals surface area contributed by atoms with Crippen molar-refractivity contribution in [1.29, 1.82) is 0 Å². The highest BCUT2D eigenvalue weighted by atomic mass is 32.2. The number of rotatable bonds is 4. The lowest BCUT2D eigenvalue weighted by molar-refractivity contribution is -0.143. The Kier molecular flexibility index (Phi) is 3.94. The van der Waals surface area contributed by atoms with Crippen LogP contribution >= 0.6 is 0 Å². The lowest BCUT2D eigenvalue weighted by Gasteiger charge is -2.35. The summed E-state index contributed by atoms with van der Waals surface area (Å²) in [5, 5.41) is 14.4. The van der Waals surface area contributed by atoms with E-state index >= 15 is 0 Å². The first-order valence-electron chi connectivity index (χ1n) is 6.56. The minimum absolute atomic E-state index is 0.0872. The number of aliphatic carboxylic acids is 1. The van der Waals surface area contributed by atoms with Crippen LogP contribution in [0.15, 0.2) is 23.1 Å². The second-order valence-electron chi connectivity index (χ2n) is 5.10. The van der Waals surface area contributed by atoms with Crippen LogP contribution in [0, 0.1) is 5.82 Å². The maximum Gasteiger partial charge on any atom is 0.329 e. The Morgan fingerprint density at radius 2 is 2.19 bits per heavy atom. The first-order valence-corrected chi connectivity index (χ1v) is 8.10. The van der Waals surface area contributed by atoms with Crippen molar-refractivity contribution in [2.24, 2.45) is 5.14 Å². The van der Waals surface area contributed by atoms with Crippen molar-refractivity contribution in [3.05, 3.63) is 24.0 Å². The Bertz CT molecular complexity index is 677. The SMILES string of the molecule is CCC1(C(=O)O)CCCN1c1ccc(S(N)(=O)=O)cc1F. The normalized spacial score (nSPS) is 22.5. The second kappa shape index (κ2) is 5.27. The van der Waals surface area contributed by atoms with Crippen LogP contribution in [0.3, 0.4) is 0 Å². The number of anilines is 1. The minimum atomic E-state index is -3.99. The highest BCUT2D eigenvalue weighted by molar-refractivity contribution is 7.89. The molecule has 2 rings (SSSR count). The molecule has 1 aliphatic rings. The molecule has 8 heteroatoms. The summed E-state index contributed by atoms with van der Waals surface area (Å²) in [6.07, 6.45) is 1.39. The maximum absolute atomic E-state index is 14.2. The van der Waals surface area contributed by atoms with Gasteiger partial charge in [-0.2, -0.15) is 0 Å². The number of sulfonamides is 1. The molecule has 1 heterocycles. The van der Waals surface area contributed by atoms with Crippen molar-refractivity contribution in [1.82, 2.24) is 0 Å². The third kappa shape index (κ3) is 2.60. The molecule has 1 saturated heterocycles. The lowest BCUT2D eigenvalue weighted by Crippen LogP contribution is -2.50. The van der Waals surface area contributed by atoms with Gasteiger partial charge in [0.2, 0.25) is 10.0 Å². The summed E-state index contributed by atoms with van der Waals surface area (Å²) in [7, 11) is -3.99. The van der Waals surface area contributed by atoms with Crippen molar-refractivity contribution in [3.63, 3.8) is 0 Å². The summed E-state index contributed by atoms with van der Waals surface area (Å²) in [6.45, 7) is 2.15. The van der Waals surface area contributed by atoms with E-state index in [-0.39, 0.29) is 10.6 Å². The van der Waals surface area contributed by atoms with Crippen LogP contribution < -0.4 is 10.0 Å². The van der Waals surface area contributed by atoms with Gasteiger partial charge in [-0.15, -0.1) is 0 Å². The van der Waals surface area contributed by atoms with E-state index < -0.39 is 27.3 Å². The number of carboxylic acid groups (broad SMARTS) is 1. The second-order valence-corrected chi connectivity index (χ2v) is 6.67. The van der Waals surface area contributed by atoms with E-state index in [0.717, 1.165) is 6.07 Å². The maximum atomic E-state index is 14.2. The lowest BCUT2D eigenvalue weighted by atomic mass is 9.92. The number of benzene rings is 1. The molecular weight excluding hydrogens is 299 g/mol. The molecule has 1 unspecified atom stereocenters. The molecule has 0 aliphatic carbocycles. The largest absolute Gasteiger partial charge is 0.479 e. The van der Waals surface area contributed by atoms with Gasteiger partial charge >= 0.3 is 5.97 Å². The van der Waals surface area contributed by atoms with Crippen LogP contribution in [0.2, 0.25) is 0 Å². The molecule has 21 heavy (non-hydrogen) atoms. The van der Waals surface area contributed by atoms with Gasteiger partial charge in [-0.25, -0.2) is 22.7 Å². The topological polar surface area (TPSA) is 101 Å². The fourth-order valence-electron chi connectivity index (χ4n) is 2.85. The minimum Gasteiger partial charge on any atom is -0.479 e. The van der Waals surface area contributed by atoms with E-state index in [2.05, 4.69) is 0 Å². The van der Waals surface area contributed by atoms with E-state index in [1.54, 1.807) is 6.92 Å². The summed E-state index contributed by atoms with van der Waals surface area (Å²) in [5.41, 5.74) is -1.06. The number of hydrogen-bond acceptors (Lipinski definition) is 4. The molecule has 1 aliphatic heterocycles. The molecule has 0 aromatic heterocycles. The summed E-state index contributed by atoms with van der Waals surface area (Å²) >= 11 is 0. The number of halogens is 1. The smallest absolute Gasteiger partial charge is 0.329 e. The molecule has 1 fully saturated rings. The van der Waals surface area contributed by atoms with Crippen molar-refractivity contribution >= 4 is 21.7 Å². The van der Waals surface area contributed by atoms with Crippen molar-refractivity contribution in [2.45, 2.75) is 36.6 Å². The fourth-order valence-corrected chi connectivity index (χ4v) is 3.38. The van der Waals surface area contributed by atoms with Crippen molar-refractivity contribution in [3.8, 4) is 0 Å². The van der Waals surface area contributed by atoms with Crippen LogP contribution in [-0.4, -0.2) is 31.6 Å². The number of nitrogens with zero attached hydrogens (tertiary/aromatic N) is 1. The number of hydrogen-bond donors (Lipinski definition) is 2. The average molecular weight is 316 g/mol. The standard InChI is InChI=1S/C13H17FN2O4S/c1-2-13(12(17)18)6-3-7-16(13)11-5-4-9(8-10(11)14)21(15,19)20/h4-5,8H,2-3,6-7H2,1H3,(H,17,18)(H2,15,19,20). The number of nitrogens with two attached hydrogens (primary N) is 1. The highest BCUT2D eigenvalue weighted by Gasteiger charge is 2.47. The van der Waals surface area contributed by atoms with E-state index in [0.29, 0.717) is 25.8 Å². The summed E-state index contributed by atoms with van der Waals surface area (Å²) in [6, 6.07) is 3.29. The molecule has 116 valence electrons. The van der Waals surface area contributed by atoms with Crippen molar-refractivity contribution < 1.29 is 22.7 Å². The molecule has 0 saturated carbocycles. The monoisotopic (exact) mass is 316 g/mol. The van der Waals surface area contributed by atoms with Gasteiger partial charge in [-0.3, -0.25) is 0 Å². The quantitative estimate of drug-likeness (QED) is 0.872. The highest BCUT2D eigenvalue weighted by Crippen LogP contribution is 2.38. The Labute approximate surface area is 122 Å². The molecule has 0 bridgehead atoms. The Balaban J connectivity index is 2.49. The summed E-state index contributed by atoms with van der Waals surface area (Å²) in [4.78, 5) is 12.8. The molecule has 1 aromatic rings. The fraction of sp³-hybridized carbons (Fsp3) is 0.462. The van der Waals surface area contributed by atoms with Gasteiger partial charge in [0.1, 0.15) is 11.4 Å². The molecule has 1 atom stereocenters. The predicted molar refractivity (Wildman–Crippen MR) is 75.0 cm³/mol. The Hall–Kier alpha value is -1.67. The van der Waals surface area contributed by atoms with Gasteiger partial charge in [0.15, 0.2) is 0 Å². The molecule has 3 N–H and O–H groups in total. The van der Waals surface area contributed by atoms with Crippen molar-refractivity contribution in [2.75, 3.05) is 11.4 Å². The number of primary sulfonamides is 1. The zero-order chi connectivity index (χ0) is 15.8. The van der Waals surface area contributed by atoms with Crippen LogP contribution in [-0.2, 0) is 14.8 Å². The number of carboxylic acids is 1. The van der Waals surface area contributed by atoms with Crippen LogP contribution in [0.25, 0.3) is 0 Å². The third-order valence-corrected chi connectivity index (χ3v) is 4.92. The van der Waals surface area contributed by atoms with Crippen LogP contribution in [0.1, 0.15) is 26.2 Å². The van der Waals surface area contributed by atoms with Crippen LogP contribution in [0.5, 0.6) is 0 Å². The molecule has 0 spiro atoms.